The Hall–Kier alpha value is -8.35. The van der Waals surface area contributed by atoms with E-state index in [9.17, 15) is 14.4 Å². The largest absolute Gasteiger partial charge is 0.464 e. The second-order valence-electron chi connectivity index (χ2n) is 18.7. The Bertz CT molecular complexity index is 3390. The van der Waals surface area contributed by atoms with Crippen molar-refractivity contribution in [1.29, 1.82) is 0 Å². The molecule has 10 rings (SSSR count). The van der Waals surface area contributed by atoms with Gasteiger partial charge in [-0.2, -0.15) is 0 Å². The number of nitrogens with one attached hydrogen (secondary N) is 2. The zero-order valence-electron chi connectivity index (χ0n) is 46.0. The predicted octanol–water partition coefficient (Wildman–Crippen LogP) is 9.73. The molecule has 0 spiro atoms. The lowest BCUT2D eigenvalue weighted by atomic mass is 9.77. The number of rotatable bonds is 29. The van der Waals surface area contributed by atoms with Crippen LogP contribution >= 0.6 is 34.9 Å². The number of thiazole rings is 1. The van der Waals surface area contributed by atoms with Crippen LogP contribution in [0.2, 0.25) is 0 Å². The summed E-state index contributed by atoms with van der Waals surface area (Å²) in [4.78, 5) is 55.7. The number of β-lactam (4-membered cyclic amide) rings is 1. The molecule has 6 aromatic carbocycles. The van der Waals surface area contributed by atoms with E-state index in [0.717, 1.165) is 27.8 Å². The van der Waals surface area contributed by atoms with E-state index in [0.29, 0.717) is 54.2 Å². The van der Waals surface area contributed by atoms with Crippen molar-refractivity contribution < 1.29 is 56.8 Å². The lowest BCUT2D eigenvalue weighted by molar-refractivity contribution is -0.154. The highest BCUT2D eigenvalue weighted by Gasteiger charge is 2.55. The molecule has 0 unspecified atom stereocenters. The molecule has 84 heavy (non-hydrogen) atoms. The minimum Gasteiger partial charge on any atom is -0.464 e. The predicted molar refractivity (Wildman–Crippen MR) is 318 cm³/mol. The van der Waals surface area contributed by atoms with Gasteiger partial charge in [-0.1, -0.05) is 169 Å². The summed E-state index contributed by atoms with van der Waals surface area (Å²) in [6.07, 6.45) is -0.825. The highest BCUT2D eigenvalue weighted by Crippen LogP contribution is 2.44. The normalized spacial score (nSPS) is 15.1. The summed E-state index contributed by atoms with van der Waals surface area (Å²) in [5.74, 6) is -0.619. The molecule has 1 saturated heterocycles. The minimum atomic E-state index is -1.07. The molecular formula is C62H59N7O12S3. The van der Waals surface area contributed by atoms with Crippen molar-refractivity contribution in [3.05, 3.63) is 220 Å². The number of hydrogen-bond donors (Lipinski definition) is 2. The smallest absolute Gasteiger partial charge is 0.356 e. The minimum absolute atomic E-state index is 0.0495. The van der Waals surface area contributed by atoms with Crippen LogP contribution in [-0.2, 0) is 48.4 Å². The number of nitrogens with zero attached hydrogens (tertiary/aromatic N) is 5. The van der Waals surface area contributed by atoms with Crippen LogP contribution in [-0.4, -0.2) is 128 Å². The number of carbonyl (C=O) groups excluding carboxylic acids is 3. The van der Waals surface area contributed by atoms with Gasteiger partial charge in [-0.05, 0) is 51.6 Å². The van der Waals surface area contributed by atoms with Crippen LogP contribution in [0.1, 0.15) is 39.6 Å². The molecule has 2 aromatic heterocycles. The van der Waals surface area contributed by atoms with Crippen molar-refractivity contribution >= 4 is 63.5 Å². The van der Waals surface area contributed by atoms with E-state index < -0.39 is 40.8 Å². The van der Waals surface area contributed by atoms with Crippen molar-refractivity contribution in [3.8, 4) is 23.0 Å². The number of aromatic nitrogens is 3. The molecule has 2 N–H and O–H groups in total. The lowest BCUT2D eigenvalue weighted by Gasteiger charge is -2.49. The van der Waals surface area contributed by atoms with Gasteiger partial charge in [0.05, 0.1) is 26.4 Å². The van der Waals surface area contributed by atoms with Crippen LogP contribution in [0.25, 0.3) is 11.5 Å². The van der Waals surface area contributed by atoms with Gasteiger partial charge in [0.1, 0.15) is 35.5 Å². The maximum atomic E-state index is 14.9. The Morgan fingerprint density at radius 1 is 0.738 bits per heavy atom. The fourth-order valence-corrected chi connectivity index (χ4v) is 12.4. The first-order chi connectivity index (χ1) is 41.3. The van der Waals surface area contributed by atoms with Gasteiger partial charge in [0.2, 0.25) is 5.89 Å². The molecule has 0 bridgehead atoms. The summed E-state index contributed by atoms with van der Waals surface area (Å²) in [5.41, 5.74) is 4.67. The third kappa shape index (κ3) is 13.7. The maximum Gasteiger partial charge on any atom is 0.356 e. The van der Waals surface area contributed by atoms with Crippen molar-refractivity contribution in [1.82, 2.24) is 25.4 Å². The summed E-state index contributed by atoms with van der Waals surface area (Å²) < 4.78 is 45.6. The van der Waals surface area contributed by atoms with Crippen LogP contribution < -0.4 is 20.1 Å². The molecule has 2 amide bonds. The van der Waals surface area contributed by atoms with E-state index in [1.165, 1.54) is 46.9 Å². The van der Waals surface area contributed by atoms with Crippen molar-refractivity contribution in [2.75, 3.05) is 78.2 Å². The molecule has 0 radical (unpaired) electrons. The highest BCUT2D eigenvalue weighted by molar-refractivity contribution is 8.01. The number of methoxy groups -OCH3 is 2. The number of esters is 1. The van der Waals surface area contributed by atoms with Gasteiger partial charge in [0.15, 0.2) is 42.0 Å². The average Bonchev–Trinajstić information content (AvgIpc) is 4.44. The molecule has 4 heterocycles. The van der Waals surface area contributed by atoms with E-state index in [2.05, 4.69) is 62.4 Å². The number of thioether (sulfide) groups is 2. The first kappa shape index (κ1) is 58.8. The van der Waals surface area contributed by atoms with Crippen molar-refractivity contribution in [3.63, 3.8) is 0 Å². The van der Waals surface area contributed by atoms with Gasteiger partial charge in [0.25, 0.3) is 17.0 Å². The lowest BCUT2D eigenvalue weighted by Crippen LogP contribution is -2.71. The number of oxime groups is 1. The maximum absolute atomic E-state index is 14.9. The summed E-state index contributed by atoms with van der Waals surface area (Å²) in [7, 11) is 4.50. The summed E-state index contributed by atoms with van der Waals surface area (Å²) in [6, 6.07) is 53.0. The van der Waals surface area contributed by atoms with Gasteiger partial charge in [-0.3, -0.25) is 14.5 Å². The monoisotopic (exact) mass is 1190 g/mol. The summed E-state index contributed by atoms with van der Waals surface area (Å²) in [6.45, 7) is 1.32. The second-order valence-corrected chi connectivity index (χ2v) is 21.6. The third-order valence-electron chi connectivity index (χ3n) is 13.4. The van der Waals surface area contributed by atoms with E-state index >= 15 is 0 Å². The molecule has 2 aliphatic rings. The number of ether oxygens (including phenoxy) is 7. The fourth-order valence-electron chi connectivity index (χ4n) is 9.44. The first-order valence-electron chi connectivity index (χ1n) is 26.6. The van der Waals surface area contributed by atoms with Crippen LogP contribution in [0, 0.1) is 0 Å². The van der Waals surface area contributed by atoms with Gasteiger partial charge in [-0.25, -0.2) is 9.78 Å². The van der Waals surface area contributed by atoms with Crippen LogP contribution in [0.3, 0.4) is 0 Å². The Morgan fingerprint density at radius 2 is 1.31 bits per heavy atom. The van der Waals surface area contributed by atoms with Crippen LogP contribution in [0.5, 0.6) is 11.5 Å². The number of amides is 2. The highest BCUT2D eigenvalue weighted by atomic mass is 32.2. The molecule has 0 saturated carbocycles. The summed E-state index contributed by atoms with van der Waals surface area (Å²) >= 11 is 3.86. The SMILES string of the molecule is COCCOCOc1ccc(-c2nnc(SCC3=C(C(=O)OC(c4ccccc4)c4ccccc4)N4C(=O)[C@@H](NC(=O)C(=NOC)c5csc(NC(c6ccccc6)(c6ccccc6)c6ccccc6)n5)[C@@H]4SC3)o2)cc1OCOCCOC. The molecule has 432 valence electrons. The van der Waals surface area contributed by atoms with Crippen LogP contribution in [0.15, 0.2) is 201 Å². The number of anilines is 1. The molecule has 8 aromatic rings. The van der Waals surface area contributed by atoms with Gasteiger partial charge >= 0.3 is 5.97 Å². The van der Waals surface area contributed by atoms with Crippen molar-refractivity contribution in [2.24, 2.45) is 5.16 Å². The second kappa shape index (κ2) is 28.8. The molecule has 2 atom stereocenters. The van der Waals surface area contributed by atoms with Gasteiger partial charge in [0, 0.05) is 36.7 Å². The van der Waals surface area contributed by atoms with E-state index in [1.807, 2.05) is 115 Å². The third-order valence-corrected chi connectivity index (χ3v) is 16.4. The topological polar surface area (TPSA) is 217 Å². The molecule has 0 aliphatic carbocycles. The Kier molecular flexibility index (Phi) is 20.1. The van der Waals surface area contributed by atoms with Gasteiger partial charge < -0.3 is 53.0 Å². The molecule has 22 heteroatoms. The van der Waals surface area contributed by atoms with E-state index in [1.54, 1.807) is 37.8 Å². The standard InChI is InChI=1S/C62H59N7O12S3/c1-73-31-33-76-39-78-49-30-29-43(35-50(49)79-40-77-34-32-74-2)56-66-67-61(81-56)84-37-44-36-82-58-52(57(71)69(58)53(44)59(72)80-54(41-19-9-4-10-20-41)42-21-11-5-12-22-42)64-55(70)51(68-75-3)48-38-83-60(63-48)65-62(45-23-13-6-14-24-45,46-25-15-7-16-26-46)47-27-17-8-18-28-47/h4-30,35,38,52,54,58H,31-34,36-37,39-40H2,1-3H3,(H,63,65)(H,64,70)/t52-,58+/m1/s1. The zero-order valence-corrected chi connectivity index (χ0v) is 48.4. The Morgan fingerprint density at radius 3 is 1.88 bits per heavy atom. The van der Waals surface area contributed by atoms with E-state index in [-0.39, 0.29) is 53.3 Å². The molecule has 1 fully saturated rings. The molecule has 19 nitrogen and oxygen atoms in total. The molecule has 2 aliphatic heterocycles. The van der Waals surface area contributed by atoms with Crippen molar-refractivity contribution in [2.45, 2.75) is 28.3 Å². The number of hydrogen-bond acceptors (Lipinski definition) is 20. The zero-order chi connectivity index (χ0) is 58.1. The molecular weight excluding hydrogens is 1130 g/mol. The van der Waals surface area contributed by atoms with Crippen LogP contribution in [0.4, 0.5) is 5.13 Å². The number of benzene rings is 6. The first-order valence-corrected chi connectivity index (χ1v) is 29.5. The van der Waals surface area contributed by atoms with E-state index in [4.69, 9.17) is 47.4 Å². The number of fused-ring (bicyclic) bond motifs is 1. The number of carbonyl (C=O) groups is 3. The Labute approximate surface area is 497 Å². The fraction of sp³-hybridized carbons (Fsp3) is 0.242. The average molecular weight is 1190 g/mol. The summed E-state index contributed by atoms with van der Waals surface area (Å²) in [5, 5.41) is 21.1. The van der Waals surface area contributed by atoms with Gasteiger partial charge in [-0.15, -0.1) is 33.3 Å². The Balaban J connectivity index is 0.896. The quantitative estimate of drug-likeness (QED) is 0.00652.